The number of rotatable bonds is 6. The fourth-order valence-electron chi connectivity index (χ4n) is 2.40. The molecule has 0 N–H and O–H groups in total. The molecule has 2 heterocycles. The molecule has 5 nitrogen and oxygen atoms in total. The molecule has 0 fully saturated rings. The molecule has 118 valence electrons. The van der Waals surface area contributed by atoms with Crippen molar-refractivity contribution in [3.05, 3.63) is 66.6 Å². The van der Waals surface area contributed by atoms with Crippen LogP contribution in [-0.4, -0.2) is 32.9 Å². The highest BCUT2D eigenvalue weighted by molar-refractivity contribution is 5.52. The Bertz CT molecular complexity index is 727. The zero-order chi connectivity index (χ0) is 16.1. The number of nitrogens with zero attached hydrogens (tertiary/aromatic N) is 4. The quantitative estimate of drug-likeness (QED) is 0.700. The third-order valence-electron chi connectivity index (χ3n) is 3.86. The van der Waals surface area contributed by atoms with Crippen LogP contribution < -0.4 is 0 Å². The summed E-state index contributed by atoms with van der Waals surface area (Å²) >= 11 is 0. The maximum atomic E-state index is 5.59. The second kappa shape index (κ2) is 7.15. The summed E-state index contributed by atoms with van der Waals surface area (Å²) in [4.78, 5) is 15.2. The number of aromatic nitrogens is 3. The largest absolute Gasteiger partial charge is 0.444 e. The minimum absolute atomic E-state index is 0.337. The molecule has 5 heteroatoms. The zero-order valence-corrected chi connectivity index (χ0v) is 13.4. The second-order valence-corrected chi connectivity index (χ2v) is 5.68. The topological polar surface area (TPSA) is 55.1 Å². The molecule has 0 aliphatic carbocycles. The molecule has 3 aromatic rings. The van der Waals surface area contributed by atoms with Gasteiger partial charge in [-0.25, -0.2) is 4.98 Å². The van der Waals surface area contributed by atoms with E-state index in [2.05, 4.69) is 33.8 Å². The maximum absolute atomic E-state index is 5.59. The van der Waals surface area contributed by atoms with Crippen LogP contribution in [0, 0.1) is 0 Å². The summed E-state index contributed by atoms with van der Waals surface area (Å²) in [5, 5.41) is 0. The normalized spacial score (nSPS) is 12.5. The molecule has 0 amide bonds. The van der Waals surface area contributed by atoms with Gasteiger partial charge in [-0.1, -0.05) is 18.2 Å². The van der Waals surface area contributed by atoms with Crippen molar-refractivity contribution >= 4 is 0 Å². The lowest BCUT2D eigenvalue weighted by Crippen LogP contribution is -2.30. The van der Waals surface area contributed by atoms with Crippen molar-refractivity contribution in [1.82, 2.24) is 19.9 Å². The van der Waals surface area contributed by atoms with E-state index in [1.165, 1.54) is 0 Å². The van der Waals surface area contributed by atoms with Crippen LogP contribution in [-0.2, 0) is 13.0 Å². The summed E-state index contributed by atoms with van der Waals surface area (Å²) in [6, 6.07) is 10.3. The molecule has 1 atom stereocenters. The lowest BCUT2D eigenvalue weighted by atomic mass is 10.1. The van der Waals surface area contributed by atoms with Crippen LogP contribution in [0.2, 0.25) is 0 Å². The summed E-state index contributed by atoms with van der Waals surface area (Å²) in [5.41, 5.74) is 2.92. The van der Waals surface area contributed by atoms with E-state index in [9.17, 15) is 0 Å². The van der Waals surface area contributed by atoms with Crippen LogP contribution in [0.3, 0.4) is 0 Å². The molecule has 0 saturated carbocycles. The Morgan fingerprint density at radius 3 is 2.70 bits per heavy atom. The van der Waals surface area contributed by atoms with Crippen molar-refractivity contribution in [3.63, 3.8) is 0 Å². The Kier molecular flexibility index (Phi) is 4.78. The first-order valence-electron chi connectivity index (χ1n) is 7.67. The van der Waals surface area contributed by atoms with Gasteiger partial charge in [0, 0.05) is 43.2 Å². The van der Waals surface area contributed by atoms with E-state index in [-0.39, 0.29) is 0 Å². The number of benzene rings is 1. The Morgan fingerprint density at radius 1 is 1.13 bits per heavy atom. The van der Waals surface area contributed by atoms with Gasteiger partial charge in [0.25, 0.3) is 0 Å². The Morgan fingerprint density at radius 2 is 1.96 bits per heavy atom. The van der Waals surface area contributed by atoms with Crippen LogP contribution in [0.4, 0.5) is 0 Å². The van der Waals surface area contributed by atoms with Crippen LogP contribution in [0.25, 0.3) is 11.5 Å². The zero-order valence-electron chi connectivity index (χ0n) is 13.4. The monoisotopic (exact) mass is 308 g/mol. The number of likely N-dealkylation sites (N-methyl/N-ethyl adjacent to an activating group) is 1. The highest BCUT2D eigenvalue weighted by Crippen LogP contribution is 2.19. The van der Waals surface area contributed by atoms with Gasteiger partial charge in [-0.05, 0) is 26.1 Å². The lowest BCUT2D eigenvalue weighted by molar-refractivity contribution is 0.244. The summed E-state index contributed by atoms with van der Waals surface area (Å²) in [5.74, 6) is 0.663. The van der Waals surface area contributed by atoms with Gasteiger partial charge in [0.05, 0.1) is 11.4 Å². The van der Waals surface area contributed by atoms with Crippen molar-refractivity contribution in [2.24, 2.45) is 0 Å². The smallest absolute Gasteiger partial charge is 0.226 e. The molecular formula is C18H20N4O. The van der Waals surface area contributed by atoms with Gasteiger partial charge in [0.15, 0.2) is 0 Å². The Hall–Kier alpha value is -2.53. The van der Waals surface area contributed by atoms with Gasteiger partial charge in [-0.15, -0.1) is 0 Å². The molecule has 1 aromatic carbocycles. The Balaban J connectivity index is 1.62. The third kappa shape index (κ3) is 4.02. The van der Waals surface area contributed by atoms with E-state index >= 15 is 0 Å². The van der Waals surface area contributed by atoms with Crippen molar-refractivity contribution < 1.29 is 4.42 Å². The second-order valence-electron chi connectivity index (χ2n) is 5.68. The summed E-state index contributed by atoms with van der Waals surface area (Å²) < 4.78 is 5.59. The minimum Gasteiger partial charge on any atom is -0.444 e. The first-order chi connectivity index (χ1) is 11.2. The highest BCUT2D eigenvalue weighted by atomic mass is 16.3. The first kappa shape index (κ1) is 15.4. The molecule has 0 aliphatic heterocycles. The molecule has 0 radical (unpaired) electrons. The molecule has 3 rings (SSSR count). The fourth-order valence-corrected chi connectivity index (χ4v) is 2.40. The molecule has 2 aromatic heterocycles. The van der Waals surface area contributed by atoms with Crippen LogP contribution in [0.5, 0.6) is 0 Å². The summed E-state index contributed by atoms with van der Waals surface area (Å²) in [6.07, 6.45) is 7.82. The maximum Gasteiger partial charge on any atom is 0.226 e. The number of oxazole rings is 1. The van der Waals surface area contributed by atoms with Gasteiger partial charge in [0.2, 0.25) is 5.89 Å². The molecule has 0 spiro atoms. The molecular weight excluding hydrogens is 288 g/mol. The van der Waals surface area contributed by atoms with Crippen LogP contribution >= 0.6 is 0 Å². The SMILES string of the molecule is CC(Cc1cnccn1)N(C)Cc1coc(-c2ccccc2)n1. The summed E-state index contributed by atoms with van der Waals surface area (Å²) in [7, 11) is 2.08. The van der Waals surface area contributed by atoms with Crippen LogP contribution in [0.15, 0.2) is 59.6 Å². The lowest BCUT2D eigenvalue weighted by Gasteiger charge is -2.23. The van der Waals surface area contributed by atoms with Crippen molar-refractivity contribution in [3.8, 4) is 11.5 Å². The van der Waals surface area contributed by atoms with E-state index in [4.69, 9.17) is 4.42 Å². The third-order valence-corrected chi connectivity index (χ3v) is 3.86. The summed E-state index contributed by atoms with van der Waals surface area (Å²) in [6.45, 7) is 2.91. The molecule has 0 aliphatic rings. The molecule has 1 unspecified atom stereocenters. The van der Waals surface area contributed by atoms with Crippen molar-refractivity contribution in [2.45, 2.75) is 25.9 Å². The number of hydrogen-bond acceptors (Lipinski definition) is 5. The van der Waals surface area contributed by atoms with E-state index < -0.39 is 0 Å². The van der Waals surface area contributed by atoms with Gasteiger partial charge in [-0.2, -0.15) is 0 Å². The van der Waals surface area contributed by atoms with E-state index in [0.29, 0.717) is 11.9 Å². The molecule has 0 bridgehead atoms. The van der Waals surface area contributed by atoms with Gasteiger partial charge < -0.3 is 4.42 Å². The van der Waals surface area contributed by atoms with Crippen LogP contribution in [0.1, 0.15) is 18.3 Å². The molecule has 0 saturated heterocycles. The van der Waals surface area contributed by atoms with E-state index in [1.807, 2.05) is 36.5 Å². The van der Waals surface area contributed by atoms with Gasteiger partial charge in [0.1, 0.15) is 6.26 Å². The van der Waals surface area contributed by atoms with Crippen molar-refractivity contribution in [1.29, 1.82) is 0 Å². The van der Waals surface area contributed by atoms with Gasteiger partial charge >= 0.3 is 0 Å². The standard InChI is InChI=1S/C18H20N4O/c1-14(10-16-11-19-8-9-20-16)22(2)12-17-13-23-18(21-17)15-6-4-3-5-7-15/h3-9,11,13-14H,10,12H2,1-2H3. The van der Waals surface area contributed by atoms with Gasteiger partial charge in [-0.3, -0.25) is 14.9 Å². The average Bonchev–Trinajstić information content (AvgIpc) is 3.05. The predicted octanol–water partition coefficient (Wildman–Crippen LogP) is 3.19. The fraction of sp³-hybridized carbons (Fsp3) is 0.278. The minimum atomic E-state index is 0.337. The number of hydrogen-bond donors (Lipinski definition) is 0. The Labute approximate surface area is 136 Å². The van der Waals surface area contributed by atoms with Crippen molar-refractivity contribution in [2.75, 3.05) is 7.05 Å². The van der Waals surface area contributed by atoms with E-state index in [0.717, 1.165) is 29.9 Å². The first-order valence-corrected chi connectivity index (χ1v) is 7.67. The molecule has 23 heavy (non-hydrogen) atoms. The predicted molar refractivity (Wildman–Crippen MR) is 88.6 cm³/mol. The highest BCUT2D eigenvalue weighted by Gasteiger charge is 2.14. The average molecular weight is 308 g/mol. The van der Waals surface area contributed by atoms with E-state index in [1.54, 1.807) is 18.7 Å².